The minimum atomic E-state index is -0.234. The molecule has 2 N–H and O–H groups in total. The van der Waals surface area contributed by atoms with E-state index in [2.05, 4.69) is 33.8 Å². The molecule has 1 aromatic heterocycles. The average molecular weight is 404 g/mol. The van der Waals surface area contributed by atoms with Crippen LogP contribution < -0.4 is 10.6 Å². The van der Waals surface area contributed by atoms with Crippen LogP contribution in [-0.2, 0) is 17.6 Å². The van der Waals surface area contributed by atoms with Crippen LogP contribution in [-0.4, -0.2) is 16.8 Å². The number of nitrogens with zero attached hydrogens (tertiary/aromatic N) is 1. The number of anilines is 2. The Bertz CT molecular complexity index is 1100. The first-order valence-electron chi connectivity index (χ1n) is 9.96. The van der Waals surface area contributed by atoms with Gasteiger partial charge in [0, 0.05) is 28.1 Å². The number of carbonyl (C=O) groups is 2. The number of aryl methyl sites for hydroxylation is 2. The summed E-state index contributed by atoms with van der Waals surface area (Å²) < 4.78 is 0. The molecule has 29 heavy (non-hydrogen) atoms. The molecule has 0 spiro atoms. The van der Waals surface area contributed by atoms with Gasteiger partial charge in [0.25, 0.3) is 5.91 Å². The Morgan fingerprint density at radius 2 is 1.86 bits per heavy atom. The molecule has 1 fully saturated rings. The maximum Gasteiger partial charge on any atom is 0.257 e. The molecule has 0 bridgehead atoms. The van der Waals surface area contributed by atoms with Crippen LogP contribution in [0.4, 0.5) is 10.8 Å². The quantitative estimate of drug-likeness (QED) is 0.636. The van der Waals surface area contributed by atoms with Gasteiger partial charge in [-0.1, -0.05) is 18.2 Å². The number of aromatic nitrogens is 1. The Hall–Kier alpha value is -2.99. The number of hydrogen-bond acceptors (Lipinski definition) is 4. The van der Waals surface area contributed by atoms with Gasteiger partial charge in [-0.15, -0.1) is 11.3 Å². The molecular formula is C23H21N3O2S. The maximum atomic E-state index is 12.6. The van der Waals surface area contributed by atoms with Crippen molar-refractivity contribution in [2.45, 2.75) is 32.1 Å². The highest BCUT2D eigenvalue weighted by Gasteiger charge is 2.29. The highest BCUT2D eigenvalue weighted by molar-refractivity contribution is 7.14. The summed E-state index contributed by atoms with van der Waals surface area (Å²) in [6, 6.07) is 13.5. The zero-order valence-corrected chi connectivity index (χ0v) is 16.7. The molecule has 0 atom stereocenters. The Balaban J connectivity index is 1.28. The van der Waals surface area contributed by atoms with Crippen molar-refractivity contribution in [1.82, 2.24) is 4.98 Å². The van der Waals surface area contributed by atoms with Crippen LogP contribution in [0.15, 0.2) is 47.8 Å². The first-order valence-corrected chi connectivity index (χ1v) is 10.8. The van der Waals surface area contributed by atoms with Gasteiger partial charge in [0.1, 0.15) is 0 Å². The summed E-state index contributed by atoms with van der Waals surface area (Å²) in [4.78, 5) is 29.2. The Labute approximate surface area is 173 Å². The van der Waals surface area contributed by atoms with Crippen molar-refractivity contribution in [3.05, 3.63) is 64.5 Å². The SMILES string of the molecule is O=C(Nc1nc(-c2ccc3c(c2)CCC3)cs1)c1cccc(NC(=O)C2CC2)c1. The van der Waals surface area contributed by atoms with Crippen molar-refractivity contribution in [2.24, 2.45) is 5.92 Å². The number of carbonyl (C=O) groups excluding carboxylic acids is 2. The molecule has 2 aliphatic rings. The molecule has 2 aliphatic carbocycles. The van der Waals surface area contributed by atoms with Gasteiger partial charge < -0.3 is 5.32 Å². The lowest BCUT2D eigenvalue weighted by Gasteiger charge is -2.07. The molecular weight excluding hydrogens is 382 g/mol. The lowest BCUT2D eigenvalue weighted by Crippen LogP contribution is -2.15. The van der Waals surface area contributed by atoms with Crippen molar-refractivity contribution in [3.8, 4) is 11.3 Å². The van der Waals surface area contributed by atoms with Crippen molar-refractivity contribution >= 4 is 34.0 Å². The van der Waals surface area contributed by atoms with E-state index >= 15 is 0 Å². The lowest BCUT2D eigenvalue weighted by molar-refractivity contribution is -0.117. The van der Waals surface area contributed by atoms with E-state index in [4.69, 9.17) is 0 Å². The molecule has 3 aromatic rings. The summed E-state index contributed by atoms with van der Waals surface area (Å²) in [5, 5.41) is 8.29. The van der Waals surface area contributed by atoms with Crippen molar-refractivity contribution in [2.75, 3.05) is 10.6 Å². The molecule has 0 unspecified atom stereocenters. The van der Waals surface area contributed by atoms with E-state index in [9.17, 15) is 9.59 Å². The van der Waals surface area contributed by atoms with E-state index in [-0.39, 0.29) is 17.7 Å². The smallest absolute Gasteiger partial charge is 0.257 e. The normalized spacial score (nSPS) is 15.0. The number of thiazole rings is 1. The first-order chi connectivity index (χ1) is 14.2. The van der Waals surface area contributed by atoms with Crippen LogP contribution in [0, 0.1) is 5.92 Å². The van der Waals surface area contributed by atoms with E-state index in [1.807, 2.05) is 5.38 Å². The summed E-state index contributed by atoms with van der Waals surface area (Å²) in [5.41, 5.74) is 5.95. The van der Waals surface area contributed by atoms with Gasteiger partial charge in [0.15, 0.2) is 5.13 Å². The summed E-state index contributed by atoms with van der Waals surface area (Å²) in [6.45, 7) is 0. The lowest BCUT2D eigenvalue weighted by atomic mass is 10.1. The topological polar surface area (TPSA) is 71.1 Å². The van der Waals surface area contributed by atoms with Crippen LogP contribution in [0.25, 0.3) is 11.3 Å². The van der Waals surface area contributed by atoms with E-state index < -0.39 is 0 Å². The molecule has 0 saturated heterocycles. The number of hydrogen-bond donors (Lipinski definition) is 2. The standard InChI is InChI=1S/C23H21N3O2S/c27-21(15-8-9-15)24-19-6-2-5-18(12-19)22(28)26-23-25-20(13-29-23)17-10-7-14-3-1-4-16(14)11-17/h2,5-7,10-13,15H,1,3-4,8-9H2,(H,24,27)(H,25,26,28). The van der Waals surface area contributed by atoms with Crippen molar-refractivity contribution in [3.63, 3.8) is 0 Å². The third-order valence-electron chi connectivity index (χ3n) is 5.46. The van der Waals surface area contributed by atoms with Gasteiger partial charge in [-0.3, -0.25) is 14.9 Å². The third-order valence-corrected chi connectivity index (χ3v) is 6.22. The molecule has 1 heterocycles. The number of fused-ring (bicyclic) bond motifs is 1. The molecule has 5 nitrogen and oxygen atoms in total. The second-order valence-corrected chi connectivity index (χ2v) is 8.53. The molecule has 2 aromatic carbocycles. The van der Waals surface area contributed by atoms with Gasteiger partial charge in [0.05, 0.1) is 5.69 Å². The van der Waals surface area contributed by atoms with E-state index in [1.165, 1.54) is 28.9 Å². The molecule has 5 rings (SSSR count). The van der Waals surface area contributed by atoms with Crippen LogP contribution >= 0.6 is 11.3 Å². The van der Waals surface area contributed by atoms with Crippen LogP contribution in [0.5, 0.6) is 0 Å². The molecule has 0 radical (unpaired) electrons. The molecule has 2 amide bonds. The molecule has 6 heteroatoms. The Morgan fingerprint density at radius 3 is 2.72 bits per heavy atom. The third kappa shape index (κ3) is 3.93. The summed E-state index contributed by atoms with van der Waals surface area (Å²) >= 11 is 1.41. The van der Waals surface area contributed by atoms with E-state index in [1.54, 1.807) is 24.3 Å². The zero-order valence-electron chi connectivity index (χ0n) is 15.9. The second kappa shape index (κ2) is 7.44. The number of rotatable bonds is 5. The number of benzene rings is 2. The second-order valence-electron chi connectivity index (χ2n) is 7.67. The summed E-state index contributed by atoms with van der Waals surface area (Å²) in [5.74, 6) is -0.0794. The predicted octanol–water partition coefficient (Wildman–Crippen LogP) is 4.90. The minimum Gasteiger partial charge on any atom is -0.326 e. The number of nitrogens with one attached hydrogen (secondary N) is 2. The fraction of sp³-hybridized carbons (Fsp3) is 0.261. The fourth-order valence-corrected chi connectivity index (χ4v) is 4.41. The Morgan fingerprint density at radius 1 is 1.00 bits per heavy atom. The van der Waals surface area contributed by atoms with E-state index in [0.717, 1.165) is 36.9 Å². The first kappa shape index (κ1) is 18.1. The van der Waals surface area contributed by atoms with Crippen LogP contribution in [0.2, 0.25) is 0 Å². The summed E-state index contributed by atoms with van der Waals surface area (Å²) in [6.07, 6.45) is 5.40. The predicted molar refractivity (Wildman–Crippen MR) is 115 cm³/mol. The van der Waals surface area contributed by atoms with Gasteiger partial charge >= 0.3 is 0 Å². The molecule has 0 aliphatic heterocycles. The monoisotopic (exact) mass is 403 g/mol. The van der Waals surface area contributed by atoms with Gasteiger partial charge in [-0.05, 0) is 67.5 Å². The van der Waals surface area contributed by atoms with Crippen molar-refractivity contribution in [1.29, 1.82) is 0 Å². The minimum absolute atomic E-state index is 0.0291. The van der Waals surface area contributed by atoms with Crippen LogP contribution in [0.3, 0.4) is 0 Å². The average Bonchev–Trinajstić information content (AvgIpc) is 3.30. The van der Waals surface area contributed by atoms with Gasteiger partial charge in [-0.25, -0.2) is 4.98 Å². The largest absolute Gasteiger partial charge is 0.326 e. The molecule has 1 saturated carbocycles. The Kier molecular flexibility index (Phi) is 4.64. The maximum absolute atomic E-state index is 12.6. The number of amides is 2. The zero-order chi connectivity index (χ0) is 19.8. The molecule has 146 valence electrons. The fourth-order valence-electron chi connectivity index (χ4n) is 3.69. The van der Waals surface area contributed by atoms with E-state index in [0.29, 0.717) is 16.4 Å². The highest BCUT2D eigenvalue weighted by atomic mass is 32.1. The van der Waals surface area contributed by atoms with Gasteiger partial charge in [0.2, 0.25) is 5.91 Å². The highest BCUT2D eigenvalue weighted by Crippen LogP contribution is 2.31. The van der Waals surface area contributed by atoms with Crippen LogP contribution in [0.1, 0.15) is 40.7 Å². The van der Waals surface area contributed by atoms with Crippen molar-refractivity contribution < 1.29 is 9.59 Å². The van der Waals surface area contributed by atoms with Gasteiger partial charge in [-0.2, -0.15) is 0 Å². The summed E-state index contributed by atoms with van der Waals surface area (Å²) in [7, 11) is 0.